The minimum Gasteiger partial charge on any atom is -0.491 e. The molecule has 1 heterocycles. The zero-order valence-electron chi connectivity index (χ0n) is 15.1. The Labute approximate surface area is 157 Å². The average molecular weight is 370 g/mol. The van der Waals surface area contributed by atoms with Gasteiger partial charge in [-0.2, -0.15) is 4.68 Å². The predicted octanol–water partition coefficient (Wildman–Crippen LogP) is 3.12. The van der Waals surface area contributed by atoms with Crippen LogP contribution in [-0.4, -0.2) is 43.8 Å². The third-order valence-corrected chi connectivity index (χ3v) is 4.89. The molecule has 3 rings (SSSR count). The van der Waals surface area contributed by atoms with E-state index in [0.29, 0.717) is 10.9 Å². The lowest BCUT2D eigenvalue weighted by Crippen LogP contribution is -2.20. The van der Waals surface area contributed by atoms with Crippen LogP contribution in [0.3, 0.4) is 0 Å². The molecule has 0 saturated carbocycles. The lowest BCUT2D eigenvalue weighted by molar-refractivity contribution is 0.126. The molecule has 6 nitrogen and oxygen atoms in total. The molecule has 1 N–H and O–H groups in total. The number of aryl methyl sites for hydroxylation is 3. The van der Waals surface area contributed by atoms with E-state index in [1.54, 1.807) is 4.68 Å². The van der Waals surface area contributed by atoms with Crippen molar-refractivity contribution >= 4 is 11.8 Å². The number of aliphatic hydroxyl groups is 1. The number of tetrazole rings is 1. The molecule has 0 amide bonds. The first-order valence-electron chi connectivity index (χ1n) is 8.39. The van der Waals surface area contributed by atoms with E-state index in [0.717, 1.165) is 28.1 Å². The predicted molar refractivity (Wildman–Crippen MR) is 102 cm³/mol. The summed E-state index contributed by atoms with van der Waals surface area (Å²) in [5.41, 5.74) is 4.30. The van der Waals surface area contributed by atoms with Crippen molar-refractivity contribution in [1.29, 1.82) is 0 Å². The number of rotatable bonds is 7. The van der Waals surface area contributed by atoms with Crippen LogP contribution in [0.2, 0.25) is 0 Å². The van der Waals surface area contributed by atoms with Crippen molar-refractivity contribution in [3.8, 4) is 11.4 Å². The summed E-state index contributed by atoms with van der Waals surface area (Å²) in [7, 11) is 0. The number of nitrogens with zero attached hydrogens (tertiary/aromatic N) is 4. The van der Waals surface area contributed by atoms with E-state index >= 15 is 0 Å². The van der Waals surface area contributed by atoms with Crippen LogP contribution >= 0.6 is 11.8 Å². The molecular weight excluding hydrogens is 348 g/mol. The fraction of sp³-hybridized carbons (Fsp3) is 0.316. The summed E-state index contributed by atoms with van der Waals surface area (Å²) in [4.78, 5) is 0. The van der Waals surface area contributed by atoms with E-state index in [2.05, 4.69) is 21.6 Å². The SMILES string of the molecule is Cc1cc(C)cc(OC[C@@H](O)CSc2nnnn2-c2ccccc2C)c1. The third-order valence-electron chi connectivity index (χ3n) is 3.83. The molecule has 0 aliphatic rings. The summed E-state index contributed by atoms with van der Waals surface area (Å²) in [6.45, 7) is 6.29. The molecule has 2 aromatic carbocycles. The van der Waals surface area contributed by atoms with Gasteiger partial charge >= 0.3 is 0 Å². The Morgan fingerprint density at radius 1 is 1.12 bits per heavy atom. The molecule has 0 spiro atoms. The van der Waals surface area contributed by atoms with Gasteiger partial charge in [-0.15, -0.1) is 5.10 Å². The van der Waals surface area contributed by atoms with Gasteiger partial charge in [0.25, 0.3) is 0 Å². The lowest BCUT2D eigenvalue weighted by Gasteiger charge is -2.13. The third kappa shape index (κ3) is 4.62. The molecule has 26 heavy (non-hydrogen) atoms. The van der Waals surface area contributed by atoms with E-state index < -0.39 is 6.10 Å². The Bertz CT molecular complexity index is 861. The number of hydrogen-bond acceptors (Lipinski definition) is 6. The number of thioether (sulfide) groups is 1. The van der Waals surface area contributed by atoms with Crippen LogP contribution in [0.5, 0.6) is 5.75 Å². The van der Waals surface area contributed by atoms with Crippen LogP contribution in [-0.2, 0) is 0 Å². The number of aliphatic hydroxyl groups excluding tert-OH is 1. The molecule has 0 fully saturated rings. The van der Waals surface area contributed by atoms with E-state index in [1.807, 2.05) is 57.2 Å². The molecule has 3 aromatic rings. The van der Waals surface area contributed by atoms with Crippen LogP contribution in [0.4, 0.5) is 0 Å². The summed E-state index contributed by atoms with van der Waals surface area (Å²) < 4.78 is 7.40. The first-order valence-corrected chi connectivity index (χ1v) is 9.38. The Hall–Kier alpha value is -2.38. The number of para-hydroxylation sites is 1. The largest absolute Gasteiger partial charge is 0.491 e. The van der Waals surface area contributed by atoms with Gasteiger partial charge in [-0.05, 0) is 66.1 Å². The highest BCUT2D eigenvalue weighted by Crippen LogP contribution is 2.22. The van der Waals surface area contributed by atoms with Gasteiger partial charge in [0.1, 0.15) is 12.4 Å². The summed E-state index contributed by atoms with van der Waals surface area (Å²) in [6, 6.07) is 13.9. The van der Waals surface area contributed by atoms with Crippen molar-refractivity contribution in [2.24, 2.45) is 0 Å². The van der Waals surface area contributed by atoms with Crippen LogP contribution < -0.4 is 4.74 Å². The lowest BCUT2D eigenvalue weighted by atomic mass is 10.1. The second kappa shape index (κ2) is 8.33. The van der Waals surface area contributed by atoms with E-state index in [1.165, 1.54) is 11.8 Å². The number of hydrogen-bond donors (Lipinski definition) is 1. The maximum absolute atomic E-state index is 10.2. The first-order chi connectivity index (χ1) is 12.5. The fourth-order valence-corrected chi connectivity index (χ4v) is 3.44. The highest BCUT2D eigenvalue weighted by Gasteiger charge is 2.14. The smallest absolute Gasteiger partial charge is 0.214 e. The molecule has 7 heteroatoms. The van der Waals surface area contributed by atoms with Crippen LogP contribution in [0.1, 0.15) is 16.7 Å². The Balaban J connectivity index is 1.58. The summed E-state index contributed by atoms with van der Waals surface area (Å²) >= 11 is 1.40. The fourth-order valence-electron chi connectivity index (χ4n) is 2.65. The topological polar surface area (TPSA) is 73.1 Å². The molecule has 0 bridgehead atoms. The van der Waals surface area contributed by atoms with Crippen LogP contribution in [0.25, 0.3) is 5.69 Å². The minimum absolute atomic E-state index is 0.224. The summed E-state index contributed by atoms with van der Waals surface area (Å²) in [6.07, 6.45) is -0.622. The molecule has 0 radical (unpaired) electrons. The van der Waals surface area contributed by atoms with Crippen molar-refractivity contribution in [3.05, 3.63) is 59.2 Å². The first kappa shape index (κ1) is 18.4. The van der Waals surface area contributed by atoms with Gasteiger partial charge in [-0.1, -0.05) is 36.0 Å². The normalized spacial score (nSPS) is 12.2. The zero-order valence-corrected chi connectivity index (χ0v) is 15.9. The Morgan fingerprint density at radius 2 is 1.85 bits per heavy atom. The summed E-state index contributed by atoms with van der Waals surface area (Å²) in [5, 5.41) is 22.8. The van der Waals surface area contributed by atoms with Gasteiger partial charge in [-0.25, -0.2) is 0 Å². The minimum atomic E-state index is -0.622. The Morgan fingerprint density at radius 3 is 2.58 bits per heavy atom. The standard InChI is InChI=1S/C19H22N4O2S/c1-13-8-14(2)10-17(9-13)25-11-16(24)12-26-19-20-21-22-23(19)18-7-5-4-6-15(18)3/h4-10,16,24H,11-12H2,1-3H3/t16-/m1/s1. The van der Waals surface area contributed by atoms with Crippen molar-refractivity contribution in [2.45, 2.75) is 32.0 Å². The highest BCUT2D eigenvalue weighted by atomic mass is 32.2. The van der Waals surface area contributed by atoms with Gasteiger partial charge in [0.15, 0.2) is 0 Å². The molecule has 136 valence electrons. The maximum atomic E-state index is 10.2. The van der Waals surface area contributed by atoms with Gasteiger partial charge in [0, 0.05) is 5.75 Å². The van der Waals surface area contributed by atoms with Crippen molar-refractivity contribution < 1.29 is 9.84 Å². The summed E-state index contributed by atoms with van der Waals surface area (Å²) in [5.74, 6) is 1.22. The number of ether oxygens (including phenoxy) is 1. The van der Waals surface area contributed by atoms with Crippen molar-refractivity contribution in [1.82, 2.24) is 20.2 Å². The number of benzene rings is 2. The molecule has 0 aliphatic carbocycles. The van der Waals surface area contributed by atoms with Gasteiger partial charge < -0.3 is 9.84 Å². The molecule has 1 atom stereocenters. The second-order valence-corrected chi connectivity index (χ2v) is 7.25. The van der Waals surface area contributed by atoms with E-state index in [-0.39, 0.29) is 6.61 Å². The second-order valence-electron chi connectivity index (χ2n) is 6.26. The molecule has 0 unspecified atom stereocenters. The van der Waals surface area contributed by atoms with Crippen LogP contribution in [0, 0.1) is 20.8 Å². The quantitative estimate of drug-likeness (QED) is 0.644. The van der Waals surface area contributed by atoms with Gasteiger partial charge in [0.05, 0.1) is 11.8 Å². The molecule has 0 saturated heterocycles. The zero-order chi connectivity index (χ0) is 18.5. The van der Waals surface area contributed by atoms with E-state index in [4.69, 9.17) is 4.74 Å². The maximum Gasteiger partial charge on any atom is 0.214 e. The monoisotopic (exact) mass is 370 g/mol. The molecule has 0 aliphatic heterocycles. The van der Waals surface area contributed by atoms with Crippen LogP contribution in [0.15, 0.2) is 47.6 Å². The van der Waals surface area contributed by atoms with Gasteiger partial charge in [-0.3, -0.25) is 0 Å². The number of aromatic nitrogens is 4. The van der Waals surface area contributed by atoms with Crippen molar-refractivity contribution in [2.75, 3.05) is 12.4 Å². The average Bonchev–Trinajstić information content (AvgIpc) is 3.06. The molecular formula is C19H22N4O2S. The molecule has 1 aromatic heterocycles. The van der Waals surface area contributed by atoms with Gasteiger partial charge in [0.2, 0.25) is 5.16 Å². The van der Waals surface area contributed by atoms with Crippen molar-refractivity contribution in [3.63, 3.8) is 0 Å². The highest BCUT2D eigenvalue weighted by molar-refractivity contribution is 7.99. The van der Waals surface area contributed by atoms with E-state index in [9.17, 15) is 5.11 Å². The Kier molecular flexibility index (Phi) is 5.90.